The SMILES string of the molecule is CNCCCc1nc(C2CCCc3ccccc32)no1. The van der Waals surface area contributed by atoms with Crippen molar-refractivity contribution in [1.29, 1.82) is 0 Å². The van der Waals surface area contributed by atoms with E-state index in [0.29, 0.717) is 5.92 Å². The Balaban J connectivity index is 1.77. The van der Waals surface area contributed by atoms with Crippen LogP contribution in [-0.4, -0.2) is 23.7 Å². The fraction of sp³-hybridized carbons (Fsp3) is 0.500. The van der Waals surface area contributed by atoms with Crippen LogP contribution in [0.15, 0.2) is 28.8 Å². The maximum Gasteiger partial charge on any atom is 0.226 e. The van der Waals surface area contributed by atoms with E-state index in [1.165, 1.54) is 24.0 Å². The largest absolute Gasteiger partial charge is 0.339 e. The van der Waals surface area contributed by atoms with Crippen LogP contribution >= 0.6 is 0 Å². The molecular weight excluding hydrogens is 250 g/mol. The number of fused-ring (bicyclic) bond motifs is 1. The van der Waals surface area contributed by atoms with Crippen molar-refractivity contribution >= 4 is 0 Å². The molecule has 20 heavy (non-hydrogen) atoms. The maximum atomic E-state index is 5.39. The Labute approximate surface area is 119 Å². The molecule has 1 unspecified atom stereocenters. The van der Waals surface area contributed by atoms with E-state index in [2.05, 4.69) is 39.7 Å². The Morgan fingerprint density at radius 1 is 1.35 bits per heavy atom. The molecule has 1 N–H and O–H groups in total. The minimum Gasteiger partial charge on any atom is -0.339 e. The van der Waals surface area contributed by atoms with E-state index in [0.717, 1.165) is 37.5 Å². The van der Waals surface area contributed by atoms with Gasteiger partial charge in [0.25, 0.3) is 0 Å². The van der Waals surface area contributed by atoms with Crippen molar-refractivity contribution in [3.8, 4) is 0 Å². The topological polar surface area (TPSA) is 51.0 Å². The van der Waals surface area contributed by atoms with Gasteiger partial charge in [-0.3, -0.25) is 0 Å². The summed E-state index contributed by atoms with van der Waals surface area (Å²) < 4.78 is 5.39. The van der Waals surface area contributed by atoms with Gasteiger partial charge in [0.1, 0.15) is 0 Å². The molecule has 1 atom stereocenters. The molecule has 106 valence electrons. The van der Waals surface area contributed by atoms with Crippen LogP contribution in [0.25, 0.3) is 0 Å². The highest BCUT2D eigenvalue weighted by atomic mass is 16.5. The Morgan fingerprint density at radius 3 is 3.15 bits per heavy atom. The normalized spacial score (nSPS) is 17.9. The number of aryl methyl sites for hydroxylation is 2. The summed E-state index contributed by atoms with van der Waals surface area (Å²) in [5, 5.41) is 7.34. The van der Waals surface area contributed by atoms with Crippen molar-refractivity contribution < 1.29 is 4.52 Å². The molecule has 0 radical (unpaired) electrons. The van der Waals surface area contributed by atoms with Gasteiger partial charge in [-0.25, -0.2) is 0 Å². The fourth-order valence-electron chi connectivity index (χ4n) is 2.95. The smallest absolute Gasteiger partial charge is 0.226 e. The summed E-state index contributed by atoms with van der Waals surface area (Å²) in [6.07, 6.45) is 5.36. The van der Waals surface area contributed by atoms with E-state index in [1.807, 2.05) is 7.05 Å². The number of hydrogen-bond acceptors (Lipinski definition) is 4. The fourth-order valence-corrected chi connectivity index (χ4v) is 2.95. The first-order valence-electron chi connectivity index (χ1n) is 7.43. The second-order valence-electron chi connectivity index (χ2n) is 5.40. The lowest BCUT2D eigenvalue weighted by molar-refractivity contribution is 0.366. The first kappa shape index (κ1) is 13.3. The van der Waals surface area contributed by atoms with Crippen LogP contribution in [0.5, 0.6) is 0 Å². The van der Waals surface area contributed by atoms with Crippen molar-refractivity contribution in [2.75, 3.05) is 13.6 Å². The zero-order valence-corrected chi connectivity index (χ0v) is 11.9. The molecule has 0 saturated carbocycles. The molecule has 0 spiro atoms. The minimum atomic E-state index is 0.307. The van der Waals surface area contributed by atoms with Gasteiger partial charge in [-0.1, -0.05) is 29.4 Å². The average Bonchev–Trinajstić information content (AvgIpc) is 2.96. The van der Waals surface area contributed by atoms with Crippen LogP contribution in [0.2, 0.25) is 0 Å². The molecule has 0 aliphatic heterocycles. The van der Waals surface area contributed by atoms with Gasteiger partial charge in [0.05, 0.1) is 0 Å². The zero-order chi connectivity index (χ0) is 13.8. The Morgan fingerprint density at radius 2 is 2.25 bits per heavy atom. The third-order valence-corrected chi connectivity index (χ3v) is 3.98. The Hall–Kier alpha value is -1.68. The molecular formula is C16H21N3O. The molecule has 0 bridgehead atoms. The third kappa shape index (κ3) is 2.75. The minimum absolute atomic E-state index is 0.307. The van der Waals surface area contributed by atoms with E-state index >= 15 is 0 Å². The summed E-state index contributed by atoms with van der Waals surface area (Å²) in [6, 6.07) is 8.64. The van der Waals surface area contributed by atoms with E-state index in [-0.39, 0.29) is 0 Å². The quantitative estimate of drug-likeness (QED) is 0.849. The molecule has 0 amide bonds. The van der Waals surface area contributed by atoms with E-state index in [9.17, 15) is 0 Å². The van der Waals surface area contributed by atoms with Crippen molar-refractivity contribution in [1.82, 2.24) is 15.5 Å². The van der Waals surface area contributed by atoms with Crippen molar-refractivity contribution in [3.05, 3.63) is 47.1 Å². The van der Waals surface area contributed by atoms with Crippen LogP contribution in [0.1, 0.15) is 48.0 Å². The molecule has 1 aliphatic rings. The lowest BCUT2D eigenvalue weighted by Gasteiger charge is -2.22. The molecule has 4 heteroatoms. The highest BCUT2D eigenvalue weighted by Crippen LogP contribution is 2.35. The van der Waals surface area contributed by atoms with Gasteiger partial charge in [-0.2, -0.15) is 4.98 Å². The summed E-state index contributed by atoms with van der Waals surface area (Å²) in [4.78, 5) is 4.60. The van der Waals surface area contributed by atoms with Crippen molar-refractivity contribution in [2.24, 2.45) is 0 Å². The molecule has 0 fully saturated rings. The molecule has 2 aromatic rings. The van der Waals surface area contributed by atoms with Crippen LogP contribution < -0.4 is 5.32 Å². The van der Waals surface area contributed by atoms with Crippen molar-refractivity contribution in [3.63, 3.8) is 0 Å². The summed E-state index contributed by atoms with van der Waals surface area (Å²) in [5.74, 6) is 1.93. The highest BCUT2D eigenvalue weighted by Gasteiger charge is 2.25. The average molecular weight is 271 g/mol. The molecule has 1 heterocycles. The summed E-state index contributed by atoms with van der Waals surface area (Å²) in [5.41, 5.74) is 2.81. The maximum absolute atomic E-state index is 5.39. The van der Waals surface area contributed by atoms with Crippen LogP contribution in [0, 0.1) is 0 Å². The van der Waals surface area contributed by atoms with Gasteiger partial charge >= 0.3 is 0 Å². The molecule has 4 nitrogen and oxygen atoms in total. The lowest BCUT2D eigenvalue weighted by atomic mass is 9.82. The van der Waals surface area contributed by atoms with Crippen LogP contribution in [0.4, 0.5) is 0 Å². The standard InChI is InChI=1S/C16H21N3O/c1-17-11-5-10-15-18-16(19-20-15)14-9-4-7-12-6-2-3-8-13(12)14/h2-3,6,8,14,17H,4-5,7,9-11H2,1H3. The van der Waals surface area contributed by atoms with Gasteiger partial charge in [0.2, 0.25) is 5.89 Å². The number of nitrogens with zero attached hydrogens (tertiary/aromatic N) is 2. The molecule has 1 aromatic heterocycles. The van der Waals surface area contributed by atoms with E-state index < -0.39 is 0 Å². The predicted octanol–water partition coefficient (Wildman–Crippen LogP) is 2.69. The van der Waals surface area contributed by atoms with Crippen molar-refractivity contribution in [2.45, 2.75) is 38.0 Å². The lowest BCUT2D eigenvalue weighted by Crippen LogP contribution is -2.12. The molecule has 1 aromatic carbocycles. The zero-order valence-electron chi connectivity index (χ0n) is 11.9. The van der Waals surface area contributed by atoms with E-state index in [1.54, 1.807) is 0 Å². The highest BCUT2D eigenvalue weighted by molar-refractivity contribution is 5.36. The summed E-state index contributed by atoms with van der Waals surface area (Å²) in [7, 11) is 1.96. The first-order chi connectivity index (χ1) is 9.88. The van der Waals surface area contributed by atoms with Gasteiger partial charge in [-0.15, -0.1) is 0 Å². The molecule has 1 aliphatic carbocycles. The molecule has 3 rings (SSSR count). The predicted molar refractivity (Wildman–Crippen MR) is 77.8 cm³/mol. The summed E-state index contributed by atoms with van der Waals surface area (Å²) >= 11 is 0. The van der Waals surface area contributed by atoms with Gasteiger partial charge < -0.3 is 9.84 Å². The number of hydrogen-bond donors (Lipinski definition) is 1. The number of benzene rings is 1. The monoisotopic (exact) mass is 271 g/mol. The second-order valence-corrected chi connectivity index (χ2v) is 5.40. The molecule has 0 saturated heterocycles. The Kier molecular flexibility index (Phi) is 4.11. The van der Waals surface area contributed by atoms with Crippen LogP contribution in [-0.2, 0) is 12.8 Å². The first-order valence-corrected chi connectivity index (χ1v) is 7.43. The second kappa shape index (κ2) is 6.18. The summed E-state index contributed by atoms with van der Waals surface area (Å²) in [6.45, 7) is 0.976. The number of aromatic nitrogens is 2. The van der Waals surface area contributed by atoms with E-state index in [4.69, 9.17) is 4.52 Å². The third-order valence-electron chi connectivity index (χ3n) is 3.98. The van der Waals surface area contributed by atoms with Gasteiger partial charge in [0, 0.05) is 12.3 Å². The van der Waals surface area contributed by atoms with Gasteiger partial charge in [0.15, 0.2) is 5.82 Å². The van der Waals surface area contributed by atoms with Gasteiger partial charge in [-0.05, 0) is 50.4 Å². The van der Waals surface area contributed by atoms with Crippen LogP contribution in [0.3, 0.4) is 0 Å². The number of nitrogens with one attached hydrogen (secondary N) is 1. The number of rotatable bonds is 5. The Bertz CT molecular complexity index is 564.